The molecule has 2 aromatic heterocycles. The van der Waals surface area contributed by atoms with E-state index in [9.17, 15) is 9.59 Å². The van der Waals surface area contributed by atoms with Gasteiger partial charge in [0.1, 0.15) is 0 Å². The van der Waals surface area contributed by atoms with Crippen LogP contribution in [0.2, 0.25) is 5.02 Å². The summed E-state index contributed by atoms with van der Waals surface area (Å²) in [5, 5.41) is 6.98. The van der Waals surface area contributed by atoms with E-state index in [1.54, 1.807) is 36.7 Å². The molecule has 1 unspecified atom stereocenters. The topological polar surface area (TPSA) is 84.0 Å². The lowest BCUT2D eigenvalue weighted by molar-refractivity contribution is -0.122. The largest absolute Gasteiger partial charge is 0.355 e. The summed E-state index contributed by atoms with van der Waals surface area (Å²) in [6.07, 6.45) is 6.84. The predicted octanol–water partition coefficient (Wildman–Crippen LogP) is 4.22. The fourth-order valence-corrected chi connectivity index (χ4v) is 4.69. The molecule has 2 amide bonds. The first-order valence-electron chi connectivity index (χ1n) is 9.83. The van der Waals surface area contributed by atoms with Crippen LogP contribution in [0.5, 0.6) is 0 Å². The van der Waals surface area contributed by atoms with E-state index >= 15 is 0 Å². The quantitative estimate of drug-likeness (QED) is 0.601. The van der Waals surface area contributed by atoms with Gasteiger partial charge in [0, 0.05) is 34.4 Å². The standard InChI is InChI=1S/C22H21ClN4O2S/c23-16-6-4-15(5-7-16)20(28)27-22-26-19-17(2-1-3-18(19)30-22)21(29)25-13-10-14-8-11-24-12-9-14/h4-9,11-12,17H,1-3,10,13H2,(H,25,29)(H,26,27,28). The molecule has 0 radical (unpaired) electrons. The van der Waals surface area contributed by atoms with E-state index in [4.69, 9.17) is 11.6 Å². The Morgan fingerprint density at radius 2 is 1.90 bits per heavy atom. The number of benzene rings is 1. The first kappa shape index (κ1) is 20.5. The number of carbonyl (C=O) groups is 2. The van der Waals surface area contributed by atoms with Gasteiger partial charge in [-0.05, 0) is 67.6 Å². The molecule has 30 heavy (non-hydrogen) atoms. The fraction of sp³-hybridized carbons (Fsp3) is 0.273. The second-order valence-electron chi connectivity index (χ2n) is 7.13. The van der Waals surface area contributed by atoms with E-state index in [0.29, 0.717) is 22.3 Å². The predicted molar refractivity (Wildman–Crippen MR) is 118 cm³/mol. The lowest BCUT2D eigenvalue weighted by atomic mass is 9.90. The number of carbonyl (C=O) groups excluding carboxylic acids is 2. The van der Waals surface area contributed by atoms with Crippen molar-refractivity contribution < 1.29 is 9.59 Å². The molecule has 0 spiro atoms. The molecular weight excluding hydrogens is 420 g/mol. The van der Waals surface area contributed by atoms with Gasteiger partial charge in [-0.1, -0.05) is 11.6 Å². The Morgan fingerprint density at radius 1 is 1.13 bits per heavy atom. The zero-order valence-electron chi connectivity index (χ0n) is 16.2. The maximum absolute atomic E-state index is 12.8. The third-order valence-electron chi connectivity index (χ3n) is 5.06. The van der Waals surface area contributed by atoms with Crippen LogP contribution in [-0.4, -0.2) is 28.3 Å². The van der Waals surface area contributed by atoms with E-state index in [0.717, 1.165) is 41.8 Å². The van der Waals surface area contributed by atoms with Crippen molar-refractivity contribution in [3.8, 4) is 0 Å². The SMILES string of the molecule is O=C(Nc1nc2c(s1)CCCC2C(=O)NCCc1ccncc1)c1ccc(Cl)cc1. The van der Waals surface area contributed by atoms with Crippen LogP contribution in [0.25, 0.3) is 0 Å². The zero-order valence-corrected chi connectivity index (χ0v) is 17.8. The highest BCUT2D eigenvalue weighted by Gasteiger charge is 2.30. The molecule has 1 atom stereocenters. The lowest BCUT2D eigenvalue weighted by Crippen LogP contribution is -2.32. The Hall–Kier alpha value is -2.77. The minimum Gasteiger partial charge on any atom is -0.355 e. The summed E-state index contributed by atoms with van der Waals surface area (Å²) in [5.41, 5.74) is 2.44. The van der Waals surface area contributed by atoms with Gasteiger partial charge >= 0.3 is 0 Å². The number of aromatic nitrogens is 2. The summed E-state index contributed by atoms with van der Waals surface area (Å²) in [6, 6.07) is 10.6. The maximum atomic E-state index is 12.8. The summed E-state index contributed by atoms with van der Waals surface area (Å²) in [7, 11) is 0. The second-order valence-corrected chi connectivity index (χ2v) is 8.65. The summed E-state index contributed by atoms with van der Waals surface area (Å²) in [6.45, 7) is 0.568. The Labute approximate surface area is 183 Å². The number of nitrogens with zero attached hydrogens (tertiary/aromatic N) is 2. The molecule has 1 aliphatic rings. The Balaban J connectivity index is 1.40. The fourth-order valence-electron chi connectivity index (χ4n) is 3.50. The number of pyridine rings is 1. The maximum Gasteiger partial charge on any atom is 0.257 e. The van der Waals surface area contributed by atoms with Crippen molar-refractivity contribution in [1.29, 1.82) is 0 Å². The number of amides is 2. The van der Waals surface area contributed by atoms with E-state index < -0.39 is 0 Å². The first-order valence-corrected chi connectivity index (χ1v) is 11.0. The number of aryl methyl sites for hydroxylation is 1. The molecule has 1 aromatic carbocycles. The molecule has 0 aliphatic heterocycles. The number of anilines is 1. The highest BCUT2D eigenvalue weighted by molar-refractivity contribution is 7.16. The van der Waals surface area contributed by atoms with E-state index in [2.05, 4.69) is 20.6 Å². The van der Waals surface area contributed by atoms with Crippen molar-refractivity contribution in [2.24, 2.45) is 0 Å². The third kappa shape index (κ3) is 4.86. The van der Waals surface area contributed by atoms with Gasteiger partial charge in [-0.2, -0.15) is 0 Å². The van der Waals surface area contributed by atoms with E-state index in [1.165, 1.54) is 11.3 Å². The van der Waals surface area contributed by atoms with Gasteiger partial charge in [-0.3, -0.25) is 19.9 Å². The van der Waals surface area contributed by atoms with E-state index in [-0.39, 0.29) is 17.7 Å². The molecule has 6 nitrogen and oxygen atoms in total. The molecule has 4 rings (SSSR count). The van der Waals surface area contributed by atoms with Crippen LogP contribution < -0.4 is 10.6 Å². The van der Waals surface area contributed by atoms with Crippen LogP contribution in [0.4, 0.5) is 5.13 Å². The summed E-state index contributed by atoms with van der Waals surface area (Å²) >= 11 is 7.33. The average Bonchev–Trinajstić information content (AvgIpc) is 3.17. The van der Waals surface area contributed by atoms with Crippen molar-refractivity contribution in [2.75, 3.05) is 11.9 Å². The van der Waals surface area contributed by atoms with Gasteiger partial charge < -0.3 is 5.32 Å². The Kier molecular flexibility index (Phi) is 6.40. The molecular formula is C22H21ClN4O2S. The van der Waals surface area contributed by atoms with Gasteiger partial charge in [-0.25, -0.2) is 4.98 Å². The minimum atomic E-state index is -0.274. The van der Waals surface area contributed by atoms with Gasteiger partial charge in [0.05, 0.1) is 11.6 Å². The average molecular weight is 441 g/mol. The van der Waals surface area contributed by atoms with Crippen molar-refractivity contribution in [3.05, 3.63) is 75.5 Å². The number of halogens is 1. The number of nitrogens with one attached hydrogen (secondary N) is 2. The molecule has 0 fully saturated rings. The highest BCUT2D eigenvalue weighted by Crippen LogP contribution is 2.37. The number of fused-ring (bicyclic) bond motifs is 1. The summed E-state index contributed by atoms with van der Waals surface area (Å²) in [5.74, 6) is -0.523. The summed E-state index contributed by atoms with van der Waals surface area (Å²) in [4.78, 5) is 34.9. The van der Waals surface area contributed by atoms with Crippen LogP contribution in [0.15, 0.2) is 48.8 Å². The lowest BCUT2D eigenvalue weighted by Gasteiger charge is -2.20. The Morgan fingerprint density at radius 3 is 2.67 bits per heavy atom. The van der Waals surface area contributed by atoms with Crippen molar-refractivity contribution in [3.63, 3.8) is 0 Å². The minimum absolute atomic E-state index is 0.00844. The summed E-state index contributed by atoms with van der Waals surface area (Å²) < 4.78 is 0. The Bertz CT molecular complexity index is 1040. The molecule has 0 bridgehead atoms. The first-order chi connectivity index (χ1) is 14.6. The van der Waals surface area contributed by atoms with Crippen molar-refractivity contribution in [1.82, 2.24) is 15.3 Å². The second kappa shape index (κ2) is 9.36. The van der Waals surface area contributed by atoms with Crippen LogP contribution >= 0.6 is 22.9 Å². The molecule has 3 aromatic rings. The van der Waals surface area contributed by atoms with Crippen LogP contribution in [0.3, 0.4) is 0 Å². The zero-order chi connectivity index (χ0) is 20.9. The van der Waals surface area contributed by atoms with Crippen molar-refractivity contribution >= 4 is 39.9 Å². The molecule has 154 valence electrons. The smallest absolute Gasteiger partial charge is 0.257 e. The van der Waals surface area contributed by atoms with Crippen LogP contribution in [-0.2, 0) is 17.6 Å². The van der Waals surface area contributed by atoms with Crippen molar-refractivity contribution in [2.45, 2.75) is 31.6 Å². The molecule has 0 saturated carbocycles. The van der Waals surface area contributed by atoms with Gasteiger partial charge in [-0.15, -0.1) is 11.3 Å². The number of hydrogen-bond donors (Lipinski definition) is 2. The normalized spacial score (nSPS) is 15.3. The molecule has 8 heteroatoms. The molecule has 2 heterocycles. The van der Waals surface area contributed by atoms with Gasteiger partial charge in [0.2, 0.25) is 5.91 Å². The third-order valence-corrected chi connectivity index (χ3v) is 6.36. The highest BCUT2D eigenvalue weighted by atomic mass is 35.5. The molecule has 2 N–H and O–H groups in total. The number of thiazole rings is 1. The molecule has 0 saturated heterocycles. The van der Waals surface area contributed by atoms with E-state index in [1.807, 2.05) is 12.1 Å². The van der Waals surface area contributed by atoms with Crippen LogP contribution in [0.1, 0.15) is 45.3 Å². The number of hydrogen-bond acceptors (Lipinski definition) is 5. The number of rotatable bonds is 6. The monoisotopic (exact) mass is 440 g/mol. The van der Waals surface area contributed by atoms with Gasteiger partial charge in [0.25, 0.3) is 5.91 Å². The molecule has 1 aliphatic carbocycles. The van der Waals surface area contributed by atoms with Crippen LogP contribution in [0, 0.1) is 0 Å². The van der Waals surface area contributed by atoms with Gasteiger partial charge in [0.15, 0.2) is 5.13 Å².